The molecule has 0 fully saturated rings. The van der Waals surface area contributed by atoms with Gasteiger partial charge < -0.3 is 9.47 Å². The second-order valence-corrected chi connectivity index (χ2v) is 4.39. The fourth-order valence-electron chi connectivity index (χ4n) is 1.73. The van der Waals surface area contributed by atoms with Crippen LogP contribution in [0.25, 0.3) is 0 Å². The third-order valence-electron chi connectivity index (χ3n) is 2.53. The number of carbonyl (C=O) groups excluding carboxylic acids is 2. The van der Waals surface area contributed by atoms with E-state index in [1.807, 2.05) is 19.9 Å². The minimum absolute atomic E-state index is 0.127. The summed E-state index contributed by atoms with van der Waals surface area (Å²) in [4.78, 5) is 22.5. The topological polar surface area (TPSA) is 52.6 Å². The molecular formula is C14H18O4. The number of methoxy groups -OCH3 is 1. The summed E-state index contributed by atoms with van der Waals surface area (Å²) in [5.74, 6) is -0.610. The van der Waals surface area contributed by atoms with Crippen molar-refractivity contribution >= 4 is 11.9 Å². The van der Waals surface area contributed by atoms with E-state index in [2.05, 4.69) is 4.74 Å². The zero-order chi connectivity index (χ0) is 13.7. The molecule has 4 nitrogen and oxygen atoms in total. The number of carbonyl (C=O) groups is 2. The Hall–Kier alpha value is -1.84. The third kappa shape index (κ3) is 3.58. The SMILES string of the molecule is COC(=O)c1cccc(C(OC(C)=O)C(C)C)c1. The van der Waals surface area contributed by atoms with Gasteiger partial charge in [0.2, 0.25) is 0 Å². The molecule has 98 valence electrons. The average molecular weight is 250 g/mol. The molecule has 0 aliphatic carbocycles. The molecule has 0 bridgehead atoms. The van der Waals surface area contributed by atoms with Gasteiger partial charge in [-0.25, -0.2) is 4.79 Å². The highest BCUT2D eigenvalue weighted by atomic mass is 16.5. The predicted molar refractivity (Wildman–Crippen MR) is 67.1 cm³/mol. The Morgan fingerprint density at radius 2 is 1.89 bits per heavy atom. The highest BCUT2D eigenvalue weighted by molar-refractivity contribution is 5.89. The van der Waals surface area contributed by atoms with Gasteiger partial charge in [-0.1, -0.05) is 26.0 Å². The lowest BCUT2D eigenvalue weighted by molar-refractivity contribution is -0.149. The molecule has 1 aromatic carbocycles. The number of rotatable bonds is 4. The molecule has 0 amide bonds. The van der Waals surface area contributed by atoms with Crippen LogP contribution in [0, 0.1) is 5.92 Å². The highest BCUT2D eigenvalue weighted by Crippen LogP contribution is 2.26. The molecule has 0 aromatic heterocycles. The first-order chi connectivity index (χ1) is 8.45. The van der Waals surface area contributed by atoms with Crippen molar-refractivity contribution in [3.63, 3.8) is 0 Å². The Balaban J connectivity index is 3.05. The fourth-order valence-corrected chi connectivity index (χ4v) is 1.73. The number of esters is 2. The van der Waals surface area contributed by atoms with Crippen molar-refractivity contribution in [1.29, 1.82) is 0 Å². The molecule has 1 unspecified atom stereocenters. The lowest BCUT2D eigenvalue weighted by Gasteiger charge is -2.21. The van der Waals surface area contributed by atoms with Crippen LogP contribution in [0.1, 0.15) is 42.8 Å². The van der Waals surface area contributed by atoms with Gasteiger partial charge in [-0.3, -0.25) is 4.79 Å². The van der Waals surface area contributed by atoms with Crippen molar-refractivity contribution in [2.24, 2.45) is 5.92 Å². The maximum absolute atomic E-state index is 11.5. The predicted octanol–water partition coefficient (Wildman–Crippen LogP) is 2.73. The van der Waals surface area contributed by atoms with Crippen LogP contribution in [0.4, 0.5) is 0 Å². The minimum Gasteiger partial charge on any atom is -0.465 e. The van der Waals surface area contributed by atoms with Crippen LogP contribution in [0.2, 0.25) is 0 Å². The minimum atomic E-state index is -0.401. The summed E-state index contributed by atoms with van der Waals surface area (Å²) in [6.45, 7) is 5.29. The van der Waals surface area contributed by atoms with E-state index in [1.165, 1.54) is 14.0 Å². The Kier molecular flexibility index (Phi) is 4.89. The van der Waals surface area contributed by atoms with Gasteiger partial charge in [-0.2, -0.15) is 0 Å². The van der Waals surface area contributed by atoms with Crippen LogP contribution < -0.4 is 0 Å². The van der Waals surface area contributed by atoms with Crippen LogP contribution in [-0.4, -0.2) is 19.0 Å². The molecule has 0 N–H and O–H groups in total. The molecule has 1 rings (SSSR count). The van der Waals surface area contributed by atoms with Crippen molar-refractivity contribution < 1.29 is 19.1 Å². The summed E-state index contributed by atoms with van der Waals surface area (Å²) in [7, 11) is 1.33. The van der Waals surface area contributed by atoms with E-state index < -0.39 is 5.97 Å². The molecule has 0 radical (unpaired) electrons. The Morgan fingerprint density at radius 1 is 1.22 bits per heavy atom. The van der Waals surface area contributed by atoms with E-state index in [0.717, 1.165) is 5.56 Å². The van der Waals surface area contributed by atoms with Gasteiger partial charge in [0.15, 0.2) is 0 Å². The second-order valence-electron chi connectivity index (χ2n) is 4.39. The first kappa shape index (κ1) is 14.2. The zero-order valence-corrected chi connectivity index (χ0v) is 11.1. The first-order valence-electron chi connectivity index (χ1n) is 5.81. The zero-order valence-electron chi connectivity index (χ0n) is 11.1. The smallest absolute Gasteiger partial charge is 0.337 e. The average Bonchev–Trinajstić information content (AvgIpc) is 2.34. The molecule has 0 spiro atoms. The maximum Gasteiger partial charge on any atom is 0.337 e. The summed E-state index contributed by atoms with van der Waals surface area (Å²) < 4.78 is 9.94. The second kappa shape index (κ2) is 6.19. The van der Waals surface area contributed by atoms with Gasteiger partial charge in [-0.05, 0) is 23.6 Å². The van der Waals surface area contributed by atoms with Gasteiger partial charge in [-0.15, -0.1) is 0 Å². The number of benzene rings is 1. The van der Waals surface area contributed by atoms with Gasteiger partial charge in [0, 0.05) is 6.92 Å². The lowest BCUT2D eigenvalue weighted by Crippen LogP contribution is -2.15. The quantitative estimate of drug-likeness (QED) is 0.771. The Morgan fingerprint density at radius 3 is 2.39 bits per heavy atom. The van der Waals surface area contributed by atoms with E-state index in [9.17, 15) is 9.59 Å². The molecule has 0 aliphatic heterocycles. The Bertz CT molecular complexity index is 437. The van der Waals surface area contributed by atoms with E-state index in [4.69, 9.17) is 4.74 Å². The van der Waals surface area contributed by atoms with Gasteiger partial charge >= 0.3 is 11.9 Å². The summed E-state index contributed by atoms with van der Waals surface area (Å²) in [5.41, 5.74) is 1.25. The molecular weight excluding hydrogens is 232 g/mol. The molecule has 0 saturated carbocycles. The van der Waals surface area contributed by atoms with Crippen LogP contribution >= 0.6 is 0 Å². The highest BCUT2D eigenvalue weighted by Gasteiger charge is 2.20. The molecule has 4 heteroatoms. The summed E-state index contributed by atoms with van der Waals surface area (Å²) in [6.07, 6.45) is -0.355. The summed E-state index contributed by atoms with van der Waals surface area (Å²) in [6, 6.07) is 6.94. The summed E-state index contributed by atoms with van der Waals surface area (Å²) >= 11 is 0. The fraction of sp³-hybridized carbons (Fsp3) is 0.429. The normalized spacial score (nSPS) is 12.1. The van der Waals surface area contributed by atoms with Gasteiger partial charge in [0.05, 0.1) is 12.7 Å². The van der Waals surface area contributed by atoms with Gasteiger partial charge in [0.25, 0.3) is 0 Å². The first-order valence-corrected chi connectivity index (χ1v) is 5.81. The molecule has 18 heavy (non-hydrogen) atoms. The summed E-state index contributed by atoms with van der Waals surface area (Å²) in [5, 5.41) is 0. The molecule has 0 saturated heterocycles. The molecule has 1 aromatic rings. The van der Waals surface area contributed by atoms with Crippen LogP contribution in [0.5, 0.6) is 0 Å². The van der Waals surface area contributed by atoms with E-state index in [1.54, 1.807) is 18.2 Å². The van der Waals surface area contributed by atoms with Crippen molar-refractivity contribution in [3.05, 3.63) is 35.4 Å². The number of hydrogen-bond acceptors (Lipinski definition) is 4. The molecule has 1 atom stereocenters. The van der Waals surface area contributed by atoms with Crippen molar-refractivity contribution in [2.45, 2.75) is 26.9 Å². The maximum atomic E-state index is 11.5. The van der Waals surface area contributed by atoms with E-state index >= 15 is 0 Å². The van der Waals surface area contributed by atoms with Gasteiger partial charge in [0.1, 0.15) is 6.10 Å². The third-order valence-corrected chi connectivity index (χ3v) is 2.53. The standard InChI is InChI=1S/C14H18O4/c1-9(2)13(18-10(3)15)11-6-5-7-12(8-11)14(16)17-4/h5-9,13H,1-4H3. The van der Waals surface area contributed by atoms with Crippen molar-refractivity contribution in [3.8, 4) is 0 Å². The molecule has 0 aliphatic rings. The lowest BCUT2D eigenvalue weighted by atomic mass is 9.97. The largest absolute Gasteiger partial charge is 0.465 e. The number of hydrogen-bond donors (Lipinski definition) is 0. The number of ether oxygens (including phenoxy) is 2. The van der Waals surface area contributed by atoms with Crippen LogP contribution in [0.3, 0.4) is 0 Å². The van der Waals surface area contributed by atoms with Crippen LogP contribution in [-0.2, 0) is 14.3 Å². The van der Waals surface area contributed by atoms with E-state index in [0.29, 0.717) is 5.56 Å². The molecule has 0 heterocycles. The van der Waals surface area contributed by atoms with Crippen LogP contribution in [0.15, 0.2) is 24.3 Å². The van der Waals surface area contributed by atoms with E-state index in [-0.39, 0.29) is 18.0 Å². The monoisotopic (exact) mass is 250 g/mol. The Labute approximate surface area is 107 Å². The van der Waals surface area contributed by atoms with Crippen molar-refractivity contribution in [1.82, 2.24) is 0 Å². The van der Waals surface area contributed by atoms with Crippen molar-refractivity contribution in [2.75, 3.05) is 7.11 Å².